The Balaban J connectivity index is 1.79. The van der Waals surface area contributed by atoms with E-state index < -0.39 is 0 Å². The SMILES string of the molecule is CCCCCCc1c2[nH]c3ccccc3c2c(CCCCCC)c2[nH]c3ccccc3c12. The highest BCUT2D eigenvalue weighted by Crippen LogP contribution is 2.41. The van der Waals surface area contributed by atoms with Gasteiger partial charge in [-0.05, 0) is 48.9 Å². The predicted molar refractivity (Wildman–Crippen MR) is 141 cm³/mol. The van der Waals surface area contributed by atoms with Gasteiger partial charge in [-0.2, -0.15) is 0 Å². The van der Waals surface area contributed by atoms with E-state index in [9.17, 15) is 0 Å². The third kappa shape index (κ3) is 3.70. The number of fused-ring (bicyclic) bond motifs is 6. The number of aromatic nitrogens is 2. The highest BCUT2D eigenvalue weighted by Gasteiger charge is 2.21. The molecule has 2 N–H and O–H groups in total. The van der Waals surface area contributed by atoms with E-state index in [-0.39, 0.29) is 0 Å². The van der Waals surface area contributed by atoms with Crippen LogP contribution in [0.2, 0.25) is 0 Å². The molecule has 0 amide bonds. The lowest BCUT2D eigenvalue weighted by Crippen LogP contribution is -1.96. The van der Waals surface area contributed by atoms with Crippen molar-refractivity contribution in [3.05, 3.63) is 59.7 Å². The van der Waals surface area contributed by atoms with Crippen molar-refractivity contribution in [3.8, 4) is 0 Å². The molecule has 0 aliphatic carbocycles. The fourth-order valence-corrected chi connectivity index (χ4v) is 5.57. The van der Waals surface area contributed by atoms with E-state index in [4.69, 9.17) is 0 Å². The maximum absolute atomic E-state index is 3.86. The van der Waals surface area contributed by atoms with E-state index in [1.165, 1.54) is 106 Å². The minimum Gasteiger partial charge on any atom is -0.354 e. The van der Waals surface area contributed by atoms with Crippen LogP contribution in [0.1, 0.15) is 76.3 Å². The molecule has 0 unspecified atom stereocenters. The molecular formula is C30H36N2. The maximum Gasteiger partial charge on any atom is 0.0508 e. The number of H-pyrrole nitrogens is 2. The van der Waals surface area contributed by atoms with Crippen molar-refractivity contribution in [3.63, 3.8) is 0 Å². The van der Waals surface area contributed by atoms with Gasteiger partial charge in [0.25, 0.3) is 0 Å². The van der Waals surface area contributed by atoms with Crippen LogP contribution >= 0.6 is 0 Å². The van der Waals surface area contributed by atoms with Gasteiger partial charge in [-0.3, -0.25) is 0 Å². The molecule has 0 radical (unpaired) electrons. The maximum atomic E-state index is 3.86. The zero-order valence-corrected chi connectivity index (χ0v) is 19.7. The Hall–Kier alpha value is -2.74. The first-order valence-electron chi connectivity index (χ1n) is 12.8. The molecule has 0 saturated carbocycles. The Morgan fingerprint density at radius 1 is 0.531 bits per heavy atom. The summed E-state index contributed by atoms with van der Waals surface area (Å²) in [6, 6.07) is 17.8. The van der Waals surface area contributed by atoms with Crippen molar-refractivity contribution in [2.75, 3.05) is 0 Å². The standard InChI is InChI=1S/C30H36N2/c1-3-5-7-9-17-23-27-21-15-11-13-19-25(21)32-30(27)24(18-10-8-6-4-2)28-22-16-12-14-20-26(22)31-29(23)28/h11-16,19-20,31-32H,3-10,17-18H2,1-2H3. The average Bonchev–Trinajstić information content (AvgIpc) is 3.39. The average molecular weight is 425 g/mol. The molecule has 0 saturated heterocycles. The molecule has 0 bridgehead atoms. The molecule has 0 fully saturated rings. The van der Waals surface area contributed by atoms with Crippen LogP contribution < -0.4 is 0 Å². The van der Waals surface area contributed by atoms with E-state index in [1.807, 2.05) is 0 Å². The van der Waals surface area contributed by atoms with Gasteiger partial charge >= 0.3 is 0 Å². The third-order valence-electron chi connectivity index (χ3n) is 7.18. The van der Waals surface area contributed by atoms with Gasteiger partial charge < -0.3 is 9.97 Å². The molecule has 0 spiro atoms. The monoisotopic (exact) mass is 424 g/mol. The molecule has 0 aliphatic heterocycles. The van der Waals surface area contributed by atoms with Crippen molar-refractivity contribution in [2.45, 2.75) is 78.1 Å². The smallest absolute Gasteiger partial charge is 0.0508 e. The molecule has 0 aliphatic rings. The summed E-state index contributed by atoms with van der Waals surface area (Å²) in [6.45, 7) is 4.59. The minimum absolute atomic E-state index is 1.14. The number of unbranched alkanes of at least 4 members (excludes halogenated alkanes) is 6. The lowest BCUT2D eigenvalue weighted by atomic mass is 9.91. The number of hydrogen-bond acceptors (Lipinski definition) is 0. The number of aryl methyl sites for hydroxylation is 2. The van der Waals surface area contributed by atoms with Crippen LogP contribution in [0.15, 0.2) is 48.5 Å². The topological polar surface area (TPSA) is 31.6 Å². The zero-order valence-electron chi connectivity index (χ0n) is 19.7. The highest BCUT2D eigenvalue weighted by atomic mass is 14.7. The first-order valence-corrected chi connectivity index (χ1v) is 12.8. The van der Waals surface area contributed by atoms with Gasteiger partial charge in [-0.15, -0.1) is 0 Å². The molecule has 32 heavy (non-hydrogen) atoms. The van der Waals surface area contributed by atoms with Gasteiger partial charge in [0.1, 0.15) is 0 Å². The third-order valence-corrected chi connectivity index (χ3v) is 7.18. The first-order chi connectivity index (χ1) is 15.8. The van der Waals surface area contributed by atoms with E-state index >= 15 is 0 Å². The van der Waals surface area contributed by atoms with Gasteiger partial charge in [-0.1, -0.05) is 88.8 Å². The van der Waals surface area contributed by atoms with Crippen molar-refractivity contribution < 1.29 is 0 Å². The lowest BCUT2D eigenvalue weighted by molar-refractivity contribution is 0.667. The first kappa shape index (κ1) is 21.1. The Labute approximate surface area is 191 Å². The van der Waals surface area contributed by atoms with Crippen LogP contribution in [0.5, 0.6) is 0 Å². The predicted octanol–water partition coefficient (Wildman–Crippen LogP) is 9.20. The summed E-state index contributed by atoms with van der Waals surface area (Å²) in [5.74, 6) is 0. The van der Waals surface area contributed by atoms with Crippen LogP contribution in [0.25, 0.3) is 43.6 Å². The molecule has 2 heterocycles. The van der Waals surface area contributed by atoms with Crippen molar-refractivity contribution in [1.29, 1.82) is 0 Å². The summed E-state index contributed by atoms with van der Waals surface area (Å²) >= 11 is 0. The molecule has 166 valence electrons. The minimum atomic E-state index is 1.14. The summed E-state index contributed by atoms with van der Waals surface area (Å²) in [6.07, 6.45) is 12.6. The fraction of sp³-hybridized carbons (Fsp3) is 0.400. The van der Waals surface area contributed by atoms with Crippen LogP contribution in [0, 0.1) is 0 Å². The van der Waals surface area contributed by atoms with Crippen LogP contribution in [0.3, 0.4) is 0 Å². The largest absolute Gasteiger partial charge is 0.354 e. The molecule has 5 aromatic rings. The van der Waals surface area contributed by atoms with Crippen molar-refractivity contribution in [2.24, 2.45) is 0 Å². The molecule has 5 rings (SSSR count). The molecule has 2 aromatic heterocycles. The molecule has 2 heteroatoms. The van der Waals surface area contributed by atoms with Crippen LogP contribution in [-0.2, 0) is 12.8 Å². The molecule has 2 nitrogen and oxygen atoms in total. The molecule has 3 aromatic carbocycles. The normalized spacial score (nSPS) is 12.1. The van der Waals surface area contributed by atoms with E-state index in [1.54, 1.807) is 0 Å². The number of nitrogens with one attached hydrogen (secondary N) is 2. The number of hydrogen-bond donors (Lipinski definition) is 2. The summed E-state index contributed by atoms with van der Waals surface area (Å²) < 4.78 is 0. The Bertz CT molecular complexity index is 1250. The van der Waals surface area contributed by atoms with E-state index in [2.05, 4.69) is 72.3 Å². The van der Waals surface area contributed by atoms with Gasteiger partial charge in [0, 0.05) is 32.6 Å². The van der Waals surface area contributed by atoms with Gasteiger partial charge in [0.05, 0.1) is 11.0 Å². The van der Waals surface area contributed by atoms with Gasteiger partial charge in [0.2, 0.25) is 0 Å². The highest BCUT2D eigenvalue weighted by molar-refractivity contribution is 6.21. The summed E-state index contributed by atoms with van der Waals surface area (Å²) in [7, 11) is 0. The number of benzene rings is 3. The van der Waals surface area contributed by atoms with Crippen LogP contribution in [0.4, 0.5) is 0 Å². The second kappa shape index (κ2) is 9.40. The van der Waals surface area contributed by atoms with E-state index in [0.717, 1.165) is 12.8 Å². The lowest BCUT2D eigenvalue weighted by Gasteiger charge is -2.13. The number of para-hydroxylation sites is 2. The van der Waals surface area contributed by atoms with Gasteiger partial charge in [-0.25, -0.2) is 0 Å². The fourth-order valence-electron chi connectivity index (χ4n) is 5.57. The number of aromatic amines is 2. The van der Waals surface area contributed by atoms with Crippen molar-refractivity contribution in [1.82, 2.24) is 9.97 Å². The summed E-state index contributed by atoms with van der Waals surface area (Å²) in [5, 5.41) is 5.68. The summed E-state index contributed by atoms with van der Waals surface area (Å²) in [4.78, 5) is 7.72. The number of rotatable bonds is 10. The molecular weight excluding hydrogens is 388 g/mol. The second-order valence-electron chi connectivity index (χ2n) is 9.42. The van der Waals surface area contributed by atoms with Gasteiger partial charge in [0.15, 0.2) is 0 Å². The Kier molecular flexibility index (Phi) is 6.21. The van der Waals surface area contributed by atoms with E-state index in [0.29, 0.717) is 0 Å². The van der Waals surface area contributed by atoms with Crippen molar-refractivity contribution >= 4 is 43.6 Å². The second-order valence-corrected chi connectivity index (χ2v) is 9.42. The quantitative estimate of drug-likeness (QED) is 0.209. The van der Waals surface area contributed by atoms with Crippen LogP contribution in [-0.4, -0.2) is 9.97 Å². The molecule has 0 atom stereocenters. The summed E-state index contributed by atoms with van der Waals surface area (Å²) in [5.41, 5.74) is 8.32. The Morgan fingerprint density at radius 3 is 1.41 bits per heavy atom. The Morgan fingerprint density at radius 2 is 0.969 bits per heavy atom. The zero-order chi connectivity index (χ0) is 21.9.